The monoisotopic (exact) mass is 472 g/mol. The van der Waals surface area contributed by atoms with Gasteiger partial charge in [-0.3, -0.25) is 0 Å². The van der Waals surface area contributed by atoms with E-state index in [9.17, 15) is 8.78 Å². The first-order valence-corrected chi connectivity index (χ1v) is 11.7. The lowest BCUT2D eigenvalue weighted by atomic mass is 10.1. The maximum atomic E-state index is 14.8. The van der Waals surface area contributed by atoms with E-state index in [1.54, 1.807) is 7.11 Å². The predicted molar refractivity (Wildman–Crippen MR) is 123 cm³/mol. The second-order valence-electron chi connectivity index (χ2n) is 8.60. The topological polar surface area (TPSA) is 68.7 Å². The van der Waals surface area contributed by atoms with E-state index in [4.69, 9.17) is 20.6 Å². The molecule has 4 rings (SSSR count). The van der Waals surface area contributed by atoms with Crippen LogP contribution in [0.5, 0.6) is 17.5 Å². The van der Waals surface area contributed by atoms with Crippen LogP contribution >= 0.6 is 0 Å². The number of rotatable bonds is 8. The van der Waals surface area contributed by atoms with Crippen LogP contribution in [0.4, 0.5) is 8.78 Å². The van der Waals surface area contributed by atoms with Crippen molar-refractivity contribution in [2.75, 3.05) is 39.8 Å². The van der Waals surface area contributed by atoms with Gasteiger partial charge in [-0.15, -0.1) is 6.42 Å². The molecule has 182 valence electrons. The number of methoxy groups -OCH3 is 1. The Morgan fingerprint density at radius 2 is 1.91 bits per heavy atom. The first-order valence-electron chi connectivity index (χ1n) is 11.7. The Labute approximate surface area is 198 Å². The molecular formula is C25H30F2N4O3. The van der Waals surface area contributed by atoms with Crippen molar-refractivity contribution < 1.29 is 23.0 Å². The summed E-state index contributed by atoms with van der Waals surface area (Å²) in [6.07, 6.45) is 11.1. The molecule has 7 nitrogen and oxygen atoms in total. The van der Waals surface area contributed by atoms with Crippen molar-refractivity contribution >= 4 is 0 Å². The summed E-state index contributed by atoms with van der Waals surface area (Å²) in [4.78, 5) is 10.4. The molecule has 2 aliphatic heterocycles. The quantitative estimate of drug-likeness (QED) is 0.591. The molecular weight excluding hydrogens is 442 g/mol. The number of benzene rings is 1. The van der Waals surface area contributed by atoms with Crippen molar-refractivity contribution in [2.45, 2.75) is 44.3 Å². The number of likely N-dealkylation sites (tertiary alicyclic amines) is 1. The zero-order valence-electron chi connectivity index (χ0n) is 19.4. The number of halogens is 2. The van der Waals surface area contributed by atoms with E-state index in [2.05, 4.69) is 26.1 Å². The largest absolute Gasteiger partial charge is 0.473 e. The highest BCUT2D eigenvalue weighted by molar-refractivity contribution is 5.49. The molecule has 2 fully saturated rings. The van der Waals surface area contributed by atoms with Crippen molar-refractivity contribution in [3.05, 3.63) is 41.2 Å². The number of terminal acetylenes is 1. The van der Waals surface area contributed by atoms with Crippen LogP contribution in [0.1, 0.15) is 36.8 Å². The third-order valence-electron chi connectivity index (χ3n) is 6.29. The molecule has 1 atom stereocenters. The van der Waals surface area contributed by atoms with Crippen LogP contribution < -0.4 is 14.8 Å². The molecule has 1 N–H and O–H groups in total. The summed E-state index contributed by atoms with van der Waals surface area (Å²) in [5.41, 5.74) is 0.460. The van der Waals surface area contributed by atoms with E-state index >= 15 is 0 Å². The van der Waals surface area contributed by atoms with E-state index in [-0.39, 0.29) is 35.3 Å². The summed E-state index contributed by atoms with van der Waals surface area (Å²) in [6, 6.07) is 2.21. The van der Waals surface area contributed by atoms with Crippen LogP contribution in [-0.4, -0.2) is 66.9 Å². The molecule has 1 aromatic carbocycles. The molecule has 34 heavy (non-hydrogen) atoms. The van der Waals surface area contributed by atoms with E-state index in [0.717, 1.165) is 57.9 Å². The maximum absolute atomic E-state index is 14.8. The molecule has 2 saturated heterocycles. The predicted octanol–water partition coefficient (Wildman–Crippen LogP) is 3.31. The number of ether oxygens (including phenoxy) is 3. The van der Waals surface area contributed by atoms with E-state index in [1.807, 2.05) is 0 Å². The molecule has 0 radical (unpaired) electrons. The van der Waals surface area contributed by atoms with Gasteiger partial charge >= 0.3 is 0 Å². The Bertz CT molecular complexity index is 1020. The molecule has 1 aromatic heterocycles. The number of piperidine rings is 2. The molecule has 9 heteroatoms. The third kappa shape index (κ3) is 6.00. The number of aromatic nitrogens is 2. The minimum absolute atomic E-state index is 0.0383. The standard InChI is InChI=1S/C25H30F2N4O3/c1-3-20-24(33-18-6-9-28-10-7-18)29-16-30-25(20)34-23-14-21(26)17(13-22(23)27)8-12-31-11-4-5-19(15-31)32-2/h1,13-14,16,18-19,28H,4-12,15H2,2H3. The van der Waals surface area contributed by atoms with Crippen LogP contribution in [0.2, 0.25) is 0 Å². The van der Waals surface area contributed by atoms with Gasteiger partial charge in [-0.05, 0) is 63.4 Å². The number of hydrogen-bond donors (Lipinski definition) is 1. The zero-order chi connectivity index (χ0) is 23.9. The maximum Gasteiger partial charge on any atom is 0.242 e. The molecule has 0 aliphatic carbocycles. The molecule has 0 amide bonds. The lowest BCUT2D eigenvalue weighted by molar-refractivity contribution is 0.0318. The van der Waals surface area contributed by atoms with Crippen LogP contribution in [0.15, 0.2) is 18.5 Å². The minimum Gasteiger partial charge on any atom is -0.473 e. The van der Waals surface area contributed by atoms with E-state index in [1.165, 1.54) is 12.4 Å². The highest BCUT2D eigenvalue weighted by Crippen LogP contribution is 2.31. The summed E-state index contributed by atoms with van der Waals surface area (Å²) in [5, 5.41) is 3.26. The fourth-order valence-electron chi connectivity index (χ4n) is 4.35. The van der Waals surface area contributed by atoms with Gasteiger partial charge in [0.05, 0.1) is 6.10 Å². The van der Waals surface area contributed by atoms with Crippen LogP contribution in [-0.2, 0) is 11.2 Å². The van der Waals surface area contributed by atoms with E-state index < -0.39 is 11.6 Å². The van der Waals surface area contributed by atoms with Crippen molar-refractivity contribution in [2.24, 2.45) is 0 Å². The molecule has 1 unspecified atom stereocenters. The molecule has 2 aromatic rings. The molecule has 3 heterocycles. The van der Waals surface area contributed by atoms with Gasteiger partial charge in [-0.1, -0.05) is 5.92 Å². The molecule has 0 saturated carbocycles. The van der Waals surface area contributed by atoms with Crippen molar-refractivity contribution in [1.29, 1.82) is 0 Å². The van der Waals surface area contributed by atoms with Crippen LogP contribution in [0.3, 0.4) is 0 Å². The Hall–Kier alpha value is -2.80. The first-order chi connectivity index (χ1) is 16.6. The molecule has 0 bridgehead atoms. The second kappa shape index (κ2) is 11.6. The normalized spacial score (nSPS) is 19.5. The van der Waals surface area contributed by atoms with Crippen molar-refractivity contribution in [1.82, 2.24) is 20.2 Å². The average Bonchev–Trinajstić information content (AvgIpc) is 2.86. The third-order valence-corrected chi connectivity index (χ3v) is 6.29. The van der Waals surface area contributed by atoms with Gasteiger partial charge in [0.2, 0.25) is 11.8 Å². The fourth-order valence-corrected chi connectivity index (χ4v) is 4.35. The fraction of sp³-hybridized carbons (Fsp3) is 0.520. The summed E-state index contributed by atoms with van der Waals surface area (Å²) in [5.74, 6) is 1.09. The second-order valence-corrected chi connectivity index (χ2v) is 8.60. The number of nitrogens with one attached hydrogen (secondary N) is 1. The van der Waals surface area contributed by atoms with Crippen LogP contribution in [0.25, 0.3) is 0 Å². The molecule has 0 spiro atoms. The summed E-state index contributed by atoms with van der Waals surface area (Å²) >= 11 is 0. The van der Waals surface area contributed by atoms with E-state index in [0.29, 0.717) is 18.5 Å². The van der Waals surface area contributed by atoms with Gasteiger partial charge in [0.25, 0.3) is 0 Å². The van der Waals surface area contributed by atoms with Crippen LogP contribution in [0, 0.1) is 24.0 Å². The highest BCUT2D eigenvalue weighted by Gasteiger charge is 2.22. The first kappa shape index (κ1) is 24.3. The lowest BCUT2D eigenvalue weighted by Crippen LogP contribution is -2.40. The Balaban J connectivity index is 1.45. The summed E-state index contributed by atoms with van der Waals surface area (Å²) < 4.78 is 46.6. The van der Waals surface area contributed by atoms with Gasteiger partial charge in [0.1, 0.15) is 23.8 Å². The zero-order valence-corrected chi connectivity index (χ0v) is 19.4. The minimum atomic E-state index is -0.688. The number of nitrogens with zero attached hydrogens (tertiary/aromatic N) is 3. The summed E-state index contributed by atoms with van der Waals surface area (Å²) in [6.45, 7) is 4.03. The molecule has 2 aliphatic rings. The number of hydrogen-bond acceptors (Lipinski definition) is 7. The van der Waals surface area contributed by atoms with Crippen molar-refractivity contribution in [3.63, 3.8) is 0 Å². The van der Waals surface area contributed by atoms with Gasteiger partial charge in [-0.25, -0.2) is 18.7 Å². The SMILES string of the molecule is C#Cc1c(Oc2cc(F)c(CCN3CCCC(OC)C3)cc2F)ncnc1OC1CCNCC1. The van der Waals surface area contributed by atoms with Crippen molar-refractivity contribution in [3.8, 4) is 29.9 Å². The Morgan fingerprint density at radius 1 is 1.12 bits per heavy atom. The highest BCUT2D eigenvalue weighted by atomic mass is 19.1. The average molecular weight is 473 g/mol. The smallest absolute Gasteiger partial charge is 0.242 e. The lowest BCUT2D eigenvalue weighted by Gasteiger charge is -2.31. The Morgan fingerprint density at radius 3 is 2.68 bits per heavy atom. The van der Waals surface area contributed by atoms with Gasteiger partial charge in [-0.2, -0.15) is 0 Å². The Kier molecular flexibility index (Phi) is 8.27. The van der Waals surface area contributed by atoms with Gasteiger partial charge in [0.15, 0.2) is 11.6 Å². The van der Waals surface area contributed by atoms with Gasteiger partial charge < -0.3 is 24.4 Å². The van der Waals surface area contributed by atoms with Gasteiger partial charge in [0, 0.05) is 26.3 Å². The summed E-state index contributed by atoms with van der Waals surface area (Å²) in [7, 11) is 1.70.